The second kappa shape index (κ2) is 6.13. The minimum absolute atomic E-state index is 0.0827. The van der Waals surface area contributed by atoms with Gasteiger partial charge in [-0.1, -0.05) is 6.42 Å². The van der Waals surface area contributed by atoms with Crippen molar-refractivity contribution in [3.05, 3.63) is 17.9 Å². The molecule has 0 atom stereocenters. The molecule has 1 fully saturated rings. The molecule has 2 rings (SSSR count). The fourth-order valence-electron chi connectivity index (χ4n) is 2.36. The highest BCUT2D eigenvalue weighted by Crippen LogP contribution is 2.33. The first-order valence-electron chi connectivity index (χ1n) is 6.98. The second-order valence-electron chi connectivity index (χ2n) is 5.36. The Labute approximate surface area is 113 Å². The molecule has 0 saturated heterocycles. The zero-order valence-corrected chi connectivity index (χ0v) is 11.6. The fraction of sp³-hybridized carbons (Fsp3) is 0.600. The van der Waals surface area contributed by atoms with Crippen LogP contribution in [-0.4, -0.2) is 12.2 Å². The molecule has 0 bridgehead atoms. The molecule has 0 amide bonds. The predicted molar refractivity (Wildman–Crippen MR) is 74.1 cm³/mol. The Morgan fingerprint density at radius 1 is 1.16 bits per heavy atom. The number of nitrogens with two attached hydrogens (primary N) is 1. The summed E-state index contributed by atoms with van der Waals surface area (Å²) in [7, 11) is 0. The lowest BCUT2D eigenvalue weighted by Gasteiger charge is -2.24. The highest BCUT2D eigenvalue weighted by molar-refractivity contribution is 5.56. The number of anilines is 1. The van der Waals surface area contributed by atoms with E-state index in [9.17, 15) is 4.39 Å². The van der Waals surface area contributed by atoms with Gasteiger partial charge in [0.1, 0.15) is 5.75 Å². The van der Waals surface area contributed by atoms with Crippen LogP contribution in [0, 0.1) is 5.82 Å². The molecular weight excluding hydrogens is 245 g/mol. The smallest absolute Gasteiger partial charge is 0.167 e. The van der Waals surface area contributed by atoms with Crippen molar-refractivity contribution in [1.82, 2.24) is 0 Å². The van der Waals surface area contributed by atoms with Crippen molar-refractivity contribution >= 4 is 5.69 Å². The van der Waals surface area contributed by atoms with Gasteiger partial charge < -0.3 is 15.2 Å². The van der Waals surface area contributed by atoms with E-state index in [0.29, 0.717) is 11.4 Å². The van der Waals surface area contributed by atoms with Gasteiger partial charge in [-0.05, 0) is 39.5 Å². The van der Waals surface area contributed by atoms with Crippen LogP contribution in [0.15, 0.2) is 12.1 Å². The molecule has 0 radical (unpaired) electrons. The molecule has 0 aliphatic heterocycles. The van der Waals surface area contributed by atoms with Crippen LogP contribution in [-0.2, 0) is 0 Å². The average Bonchev–Trinajstić information content (AvgIpc) is 2.36. The van der Waals surface area contributed by atoms with E-state index in [1.807, 2.05) is 13.8 Å². The number of hydrogen-bond acceptors (Lipinski definition) is 3. The molecule has 0 aromatic heterocycles. The second-order valence-corrected chi connectivity index (χ2v) is 5.36. The Kier molecular flexibility index (Phi) is 4.51. The van der Waals surface area contributed by atoms with Crippen LogP contribution in [0.5, 0.6) is 11.5 Å². The molecule has 1 aromatic rings. The zero-order chi connectivity index (χ0) is 13.8. The van der Waals surface area contributed by atoms with Crippen LogP contribution in [0.3, 0.4) is 0 Å². The van der Waals surface area contributed by atoms with Gasteiger partial charge >= 0.3 is 0 Å². The van der Waals surface area contributed by atoms with Crippen molar-refractivity contribution in [2.24, 2.45) is 0 Å². The van der Waals surface area contributed by atoms with Gasteiger partial charge in [0, 0.05) is 12.1 Å². The molecule has 106 valence electrons. The lowest BCUT2D eigenvalue weighted by Crippen LogP contribution is -2.20. The molecule has 0 unspecified atom stereocenters. The van der Waals surface area contributed by atoms with E-state index in [1.54, 1.807) is 6.07 Å². The number of nitrogen functional groups attached to an aromatic ring is 1. The van der Waals surface area contributed by atoms with Crippen molar-refractivity contribution in [2.45, 2.75) is 58.2 Å². The topological polar surface area (TPSA) is 44.5 Å². The lowest BCUT2D eigenvalue weighted by molar-refractivity contribution is 0.154. The maximum Gasteiger partial charge on any atom is 0.167 e. The lowest BCUT2D eigenvalue weighted by atomic mass is 9.98. The molecule has 1 aliphatic carbocycles. The summed E-state index contributed by atoms with van der Waals surface area (Å²) in [5.74, 6) is 0.293. The van der Waals surface area contributed by atoms with Gasteiger partial charge in [0.25, 0.3) is 0 Å². The Bertz CT molecular complexity index is 428. The molecule has 4 heteroatoms. The predicted octanol–water partition coefficient (Wildman–Crippen LogP) is 3.91. The maximum absolute atomic E-state index is 13.7. The van der Waals surface area contributed by atoms with Gasteiger partial charge in [0.15, 0.2) is 11.6 Å². The first-order chi connectivity index (χ1) is 9.06. The van der Waals surface area contributed by atoms with Crippen LogP contribution in [0.25, 0.3) is 0 Å². The van der Waals surface area contributed by atoms with Crippen molar-refractivity contribution in [1.29, 1.82) is 0 Å². The maximum atomic E-state index is 13.7. The number of benzene rings is 1. The van der Waals surface area contributed by atoms with Gasteiger partial charge in [-0.2, -0.15) is 0 Å². The van der Waals surface area contributed by atoms with Crippen LogP contribution in [0.2, 0.25) is 0 Å². The van der Waals surface area contributed by atoms with Crippen molar-refractivity contribution in [2.75, 3.05) is 5.73 Å². The van der Waals surface area contributed by atoms with Gasteiger partial charge in [-0.3, -0.25) is 0 Å². The minimum Gasteiger partial charge on any atom is -0.488 e. The number of rotatable bonds is 4. The summed E-state index contributed by atoms with van der Waals surface area (Å²) in [5, 5.41) is 0. The molecule has 2 N–H and O–H groups in total. The van der Waals surface area contributed by atoms with E-state index in [2.05, 4.69) is 0 Å². The molecule has 1 saturated carbocycles. The van der Waals surface area contributed by atoms with E-state index in [-0.39, 0.29) is 18.0 Å². The number of hydrogen-bond donors (Lipinski definition) is 1. The van der Waals surface area contributed by atoms with Crippen molar-refractivity contribution in [3.63, 3.8) is 0 Å². The number of halogens is 1. The fourth-order valence-corrected chi connectivity index (χ4v) is 2.36. The van der Waals surface area contributed by atoms with E-state index in [1.165, 1.54) is 25.3 Å². The Hall–Kier alpha value is -1.45. The Morgan fingerprint density at radius 2 is 1.84 bits per heavy atom. The van der Waals surface area contributed by atoms with E-state index < -0.39 is 5.82 Å². The SMILES string of the molecule is CC(C)Oc1cc(OC2CCCCC2)c(N)cc1F. The summed E-state index contributed by atoms with van der Waals surface area (Å²) in [5.41, 5.74) is 6.15. The first-order valence-corrected chi connectivity index (χ1v) is 6.98. The highest BCUT2D eigenvalue weighted by Gasteiger charge is 2.18. The summed E-state index contributed by atoms with van der Waals surface area (Å²) >= 11 is 0. The van der Waals surface area contributed by atoms with Gasteiger partial charge in [0.05, 0.1) is 17.9 Å². The highest BCUT2D eigenvalue weighted by atomic mass is 19.1. The average molecular weight is 267 g/mol. The quantitative estimate of drug-likeness (QED) is 0.841. The molecule has 19 heavy (non-hydrogen) atoms. The monoisotopic (exact) mass is 267 g/mol. The largest absolute Gasteiger partial charge is 0.488 e. The summed E-state index contributed by atoms with van der Waals surface area (Å²) < 4.78 is 25.0. The van der Waals surface area contributed by atoms with Crippen molar-refractivity contribution < 1.29 is 13.9 Å². The van der Waals surface area contributed by atoms with E-state index in [0.717, 1.165) is 12.8 Å². The van der Waals surface area contributed by atoms with Gasteiger partial charge in [-0.15, -0.1) is 0 Å². The minimum atomic E-state index is -0.442. The zero-order valence-electron chi connectivity index (χ0n) is 11.6. The van der Waals surface area contributed by atoms with E-state index in [4.69, 9.17) is 15.2 Å². The van der Waals surface area contributed by atoms with Gasteiger partial charge in [0.2, 0.25) is 0 Å². The molecule has 1 aliphatic rings. The summed E-state index contributed by atoms with van der Waals surface area (Å²) in [6.07, 6.45) is 5.81. The normalized spacial score (nSPS) is 16.6. The van der Waals surface area contributed by atoms with Crippen LogP contribution in [0.1, 0.15) is 46.0 Å². The Morgan fingerprint density at radius 3 is 2.47 bits per heavy atom. The van der Waals surface area contributed by atoms with E-state index >= 15 is 0 Å². The third-order valence-electron chi connectivity index (χ3n) is 3.27. The molecular formula is C15H22FNO2. The summed E-state index contributed by atoms with van der Waals surface area (Å²) in [6, 6.07) is 2.84. The van der Waals surface area contributed by atoms with Crippen LogP contribution < -0.4 is 15.2 Å². The summed E-state index contributed by atoms with van der Waals surface area (Å²) in [6.45, 7) is 3.72. The molecule has 0 spiro atoms. The van der Waals surface area contributed by atoms with Gasteiger partial charge in [-0.25, -0.2) is 4.39 Å². The molecule has 3 nitrogen and oxygen atoms in total. The van der Waals surface area contributed by atoms with Crippen molar-refractivity contribution in [3.8, 4) is 11.5 Å². The first kappa shape index (κ1) is 14.0. The molecule has 0 heterocycles. The van der Waals surface area contributed by atoms with Crippen LogP contribution >= 0.6 is 0 Å². The molecule has 1 aromatic carbocycles. The third kappa shape index (κ3) is 3.75. The third-order valence-corrected chi connectivity index (χ3v) is 3.27. The standard InChI is InChI=1S/C15H22FNO2/c1-10(2)18-14-9-15(13(17)8-12(14)16)19-11-6-4-3-5-7-11/h8-11H,3-7,17H2,1-2H3. The summed E-state index contributed by atoms with van der Waals surface area (Å²) in [4.78, 5) is 0. The number of ether oxygens (including phenoxy) is 2. The Balaban J connectivity index is 2.14. The van der Waals surface area contributed by atoms with Crippen LogP contribution in [0.4, 0.5) is 10.1 Å².